The minimum absolute atomic E-state index is 0.188. The topological polar surface area (TPSA) is 56.8 Å². The highest BCUT2D eigenvalue weighted by molar-refractivity contribution is 7.10. The van der Waals surface area contributed by atoms with Gasteiger partial charge in [-0.15, -0.1) is 11.3 Å². The van der Waals surface area contributed by atoms with Crippen molar-refractivity contribution in [3.05, 3.63) is 39.6 Å². The molecule has 0 fully saturated rings. The average Bonchev–Trinajstić information content (AvgIpc) is 2.96. The van der Waals surface area contributed by atoms with E-state index in [1.54, 1.807) is 23.5 Å². The van der Waals surface area contributed by atoms with E-state index in [0.29, 0.717) is 29.4 Å². The highest BCUT2D eigenvalue weighted by Gasteiger charge is 2.17. The Hall–Kier alpha value is -2.21. The van der Waals surface area contributed by atoms with E-state index in [9.17, 15) is 4.79 Å². The molecule has 2 rings (SSSR count). The monoisotopic (exact) mass is 321 g/mol. The van der Waals surface area contributed by atoms with E-state index in [-0.39, 0.29) is 5.91 Å². The molecule has 0 spiro atoms. The number of methoxy groups -OCH3 is 3. The summed E-state index contributed by atoms with van der Waals surface area (Å²) in [4.78, 5) is 13.5. The summed E-state index contributed by atoms with van der Waals surface area (Å²) in [5, 5.41) is 4.91. The van der Waals surface area contributed by atoms with E-state index in [2.05, 4.69) is 5.32 Å². The molecular weight excluding hydrogens is 302 g/mol. The molecule has 1 aromatic heterocycles. The number of ether oxygens (including phenoxy) is 3. The van der Waals surface area contributed by atoms with Crippen molar-refractivity contribution in [2.45, 2.75) is 13.5 Å². The first-order chi connectivity index (χ1) is 10.6. The average molecular weight is 321 g/mol. The van der Waals surface area contributed by atoms with Gasteiger partial charge in [0.15, 0.2) is 11.5 Å². The number of nitrogens with one attached hydrogen (secondary N) is 1. The smallest absolute Gasteiger partial charge is 0.251 e. The summed E-state index contributed by atoms with van der Waals surface area (Å²) in [6.45, 7) is 2.52. The molecular formula is C16H19NO4S. The van der Waals surface area contributed by atoms with Gasteiger partial charge in [0.25, 0.3) is 5.91 Å². The molecule has 5 nitrogen and oxygen atoms in total. The molecule has 0 aliphatic carbocycles. The van der Waals surface area contributed by atoms with Crippen LogP contribution in [0.4, 0.5) is 0 Å². The van der Waals surface area contributed by atoms with Crippen LogP contribution < -0.4 is 19.5 Å². The highest BCUT2D eigenvalue weighted by atomic mass is 32.1. The molecule has 0 unspecified atom stereocenters. The number of thiophene rings is 1. The Morgan fingerprint density at radius 2 is 1.77 bits per heavy atom. The van der Waals surface area contributed by atoms with Gasteiger partial charge in [0, 0.05) is 10.4 Å². The molecule has 22 heavy (non-hydrogen) atoms. The quantitative estimate of drug-likeness (QED) is 0.888. The number of hydrogen-bond donors (Lipinski definition) is 1. The molecule has 0 saturated carbocycles. The lowest BCUT2D eigenvalue weighted by atomic mass is 10.1. The number of carbonyl (C=O) groups excluding carboxylic acids is 1. The van der Waals surface area contributed by atoms with Crippen LogP contribution in [0.3, 0.4) is 0 Å². The van der Waals surface area contributed by atoms with E-state index >= 15 is 0 Å². The Labute approximate surface area is 133 Å². The van der Waals surface area contributed by atoms with Crippen molar-refractivity contribution in [1.29, 1.82) is 0 Å². The molecule has 6 heteroatoms. The van der Waals surface area contributed by atoms with Crippen molar-refractivity contribution in [3.8, 4) is 17.2 Å². The first-order valence-corrected chi connectivity index (χ1v) is 7.59. The zero-order valence-electron chi connectivity index (χ0n) is 13.1. The molecule has 118 valence electrons. The van der Waals surface area contributed by atoms with Crippen LogP contribution in [0, 0.1) is 6.92 Å². The third-order valence-electron chi connectivity index (χ3n) is 3.30. The fourth-order valence-corrected chi connectivity index (χ4v) is 2.91. The van der Waals surface area contributed by atoms with E-state index in [1.165, 1.54) is 26.9 Å². The molecule has 1 N–H and O–H groups in total. The van der Waals surface area contributed by atoms with Crippen molar-refractivity contribution >= 4 is 17.2 Å². The minimum atomic E-state index is -0.188. The van der Waals surface area contributed by atoms with E-state index in [1.807, 2.05) is 18.4 Å². The fraction of sp³-hybridized carbons (Fsp3) is 0.312. The third-order valence-corrected chi connectivity index (χ3v) is 4.33. The van der Waals surface area contributed by atoms with Gasteiger partial charge in [-0.05, 0) is 36.1 Å². The second kappa shape index (κ2) is 7.17. The van der Waals surface area contributed by atoms with Crippen LogP contribution in [0.15, 0.2) is 23.6 Å². The van der Waals surface area contributed by atoms with Crippen LogP contribution >= 0.6 is 11.3 Å². The summed E-state index contributed by atoms with van der Waals surface area (Å²) in [7, 11) is 4.57. The molecule has 0 aliphatic rings. The van der Waals surface area contributed by atoms with Crippen molar-refractivity contribution in [2.75, 3.05) is 21.3 Å². The van der Waals surface area contributed by atoms with Crippen molar-refractivity contribution < 1.29 is 19.0 Å². The van der Waals surface area contributed by atoms with Crippen molar-refractivity contribution in [1.82, 2.24) is 5.32 Å². The zero-order valence-corrected chi connectivity index (χ0v) is 13.9. The summed E-state index contributed by atoms with van der Waals surface area (Å²) in [6, 6.07) is 5.31. The highest BCUT2D eigenvalue weighted by Crippen LogP contribution is 2.38. The van der Waals surface area contributed by atoms with Crippen LogP contribution in [0.5, 0.6) is 17.2 Å². The number of benzene rings is 1. The Morgan fingerprint density at radius 1 is 1.14 bits per heavy atom. The van der Waals surface area contributed by atoms with Gasteiger partial charge >= 0.3 is 0 Å². The Balaban J connectivity index is 2.20. The second-order valence-electron chi connectivity index (χ2n) is 4.62. The number of aryl methyl sites for hydroxylation is 1. The summed E-state index contributed by atoms with van der Waals surface area (Å²) in [6.07, 6.45) is 0. The second-order valence-corrected chi connectivity index (χ2v) is 5.62. The summed E-state index contributed by atoms with van der Waals surface area (Å²) >= 11 is 1.62. The maximum Gasteiger partial charge on any atom is 0.251 e. The molecule has 0 saturated heterocycles. The molecule has 0 radical (unpaired) electrons. The van der Waals surface area contributed by atoms with Gasteiger partial charge in [0.05, 0.1) is 27.9 Å². The van der Waals surface area contributed by atoms with Crippen LogP contribution in [0.2, 0.25) is 0 Å². The van der Waals surface area contributed by atoms with E-state index < -0.39 is 0 Å². The Kier molecular flexibility index (Phi) is 5.27. The third kappa shape index (κ3) is 3.33. The van der Waals surface area contributed by atoms with Gasteiger partial charge < -0.3 is 19.5 Å². The lowest BCUT2D eigenvalue weighted by Crippen LogP contribution is -2.22. The van der Waals surface area contributed by atoms with Gasteiger partial charge in [0.1, 0.15) is 0 Å². The number of amides is 1. The standard InChI is InChI=1S/C16H19NO4S/c1-10-5-6-22-14(10)9-17-16(18)11-7-12(19-2)15(21-4)13(8-11)20-3/h5-8H,9H2,1-4H3,(H,17,18). The first-order valence-electron chi connectivity index (χ1n) is 6.71. The zero-order chi connectivity index (χ0) is 16.1. The molecule has 1 heterocycles. The van der Waals surface area contributed by atoms with E-state index in [0.717, 1.165) is 4.88 Å². The van der Waals surface area contributed by atoms with Gasteiger partial charge in [-0.3, -0.25) is 4.79 Å². The molecule has 0 bridgehead atoms. The van der Waals surface area contributed by atoms with E-state index in [4.69, 9.17) is 14.2 Å². The van der Waals surface area contributed by atoms with Crippen LogP contribution in [-0.4, -0.2) is 27.2 Å². The maximum absolute atomic E-state index is 12.3. The van der Waals surface area contributed by atoms with Crippen LogP contribution in [-0.2, 0) is 6.54 Å². The van der Waals surface area contributed by atoms with Crippen molar-refractivity contribution in [2.24, 2.45) is 0 Å². The lowest BCUT2D eigenvalue weighted by Gasteiger charge is -2.14. The first kappa shape index (κ1) is 16.2. The van der Waals surface area contributed by atoms with Gasteiger partial charge in [0.2, 0.25) is 5.75 Å². The number of rotatable bonds is 6. The lowest BCUT2D eigenvalue weighted by molar-refractivity contribution is 0.0950. The number of hydrogen-bond acceptors (Lipinski definition) is 5. The molecule has 0 aliphatic heterocycles. The molecule has 0 atom stereocenters. The SMILES string of the molecule is COc1cc(C(=O)NCc2sccc2C)cc(OC)c1OC. The largest absolute Gasteiger partial charge is 0.493 e. The van der Waals surface area contributed by atoms with Gasteiger partial charge in [-0.2, -0.15) is 0 Å². The normalized spacial score (nSPS) is 10.2. The summed E-state index contributed by atoms with van der Waals surface area (Å²) in [5.41, 5.74) is 1.64. The van der Waals surface area contributed by atoms with Crippen molar-refractivity contribution in [3.63, 3.8) is 0 Å². The number of carbonyl (C=O) groups is 1. The Bertz CT molecular complexity index is 641. The summed E-state index contributed by atoms with van der Waals surface area (Å²) in [5.74, 6) is 1.20. The fourth-order valence-electron chi connectivity index (χ4n) is 2.06. The minimum Gasteiger partial charge on any atom is -0.493 e. The van der Waals surface area contributed by atoms with Gasteiger partial charge in [-0.1, -0.05) is 0 Å². The predicted octanol–water partition coefficient (Wildman–Crippen LogP) is 3.01. The summed E-state index contributed by atoms with van der Waals surface area (Å²) < 4.78 is 15.8. The van der Waals surface area contributed by atoms with Gasteiger partial charge in [-0.25, -0.2) is 0 Å². The van der Waals surface area contributed by atoms with Crippen LogP contribution in [0.25, 0.3) is 0 Å². The maximum atomic E-state index is 12.3. The molecule has 1 amide bonds. The van der Waals surface area contributed by atoms with Crippen LogP contribution in [0.1, 0.15) is 20.8 Å². The Morgan fingerprint density at radius 3 is 2.23 bits per heavy atom. The predicted molar refractivity (Wildman–Crippen MR) is 86.3 cm³/mol. The molecule has 2 aromatic rings. The molecule has 1 aromatic carbocycles.